The highest BCUT2D eigenvalue weighted by Crippen LogP contribution is 2.39. The van der Waals surface area contributed by atoms with Gasteiger partial charge in [0.05, 0.1) is 17.5 Å². The minimum absolute atomic E-state index is 0.0285. The van der Waals surface area contributed by atoms with E-state index in [9.17, 15) is 9.59 Å². The molecule has 2 aliphatic heterocycles. The van der Waals surface area contributed by atoms with Gasteiger partial charge in [-0.25, -0.2) is 4.68 Å². The van der Waals surface area contributed by atoms with Gasteiger partial charge in [0.2, 0.25) is 5.96 Å². The van der Waals surface area contributed by atoms with Crippen LogP contribution in [0.3, 0.4) is 0 Å². The number of hydrogen-bond acceptors (Lipinski definition) is 5. The van der Waals surface area contributed by atoms with Crippen LogP contribution in [0.15, 0.2) is 23.0 Å². The number of hydrogen-bond donors (Lipinski definition) is 1. The average Bonchev–Trinajstić information content (AvgIpc) is 3.32. The monoisotopic (exact) mass is 372 g/mol. The van der Waals surface area contributed by atoms with Gasteiger partial charge in [-0.2, -0.15) is 5.10 Å². The SMILES string of the molecule is CN=C(N/C(C)=C\C=O)n1ncc(C(=O)N2CCC3(CCN(C)C3)C2)c1C. The summed E-state index contributed by atoms with van der Waals surface area (Å²) in [5, 5.41) is 7.39. The van der Waals surface area contributed by atoms with Gasteiger partial charge in [-0.3, -0.25) is 14.6 Å². The molecule has 27 heavy (non-hydrogen) atoms. The fourth-order valence-corrected chi connectivity index (χ4v) is 4.13. The molecule has 3 heterocycles. The third kappa shape index (κ3) is 3.80. The molecule has 1 spiro atoms. The summed E-state index contributed by atoms with van der Waals surface area (Å²) < 4.78 is 1.60. The van der Waals surface area contributed by atoms with E-state index in [0.29, 0.717) is 23.5 Å². The van der Waals surface area contributed by atoms with Crippen molar-refractivity contribution in [1.29, 1.82) is 0 Å². The summed E-state index contributed by atoms with van der Waals surface area (Å²) in [6, 6.07) is 0. The van der Waals surface area contributed by atoms with Crippen molar-refractivity contribution >= 4 is 18.2 Å². The van der Waals surface area contributed by atoms with Gasteiger partial charge in [0.25, 0.3) is 5.91 Å². The number of nitrogens with zero attached hydrogens (tertiary/aromatic N) is 5. The molecule has 2 aliphatic rings. The first-order valence-corrected chi connectivity index (χ1v) is 9.28. The second-order valence-corrected chi connectivity index (χ2v) is 7.68. The average molecular weight is 372 g/mol. The zero-order chi connectivity index (χ0) is 19.6. The number of aromatic nitrogens is 2. The first-order chi connectivity index (χ1) is 12.9. The van der Waals surface area contributed by atoms with Crippen molar-refractivity contribution in [2.75, 3.05) is 40.3 Å². The fraction of sp³-hybridized carbons (Fsp3) is 0.579. The third-order valence-corrected chi connectivity index (χ3v) is 5.63. The molecule has 1 N–H and O–H groups in total. The predicted molar refractivity (Wildman–Crippen MR) is 104 cm³/mol. The van der Waals surface area contributed by atoms with Crippen LogP contribution in [0.4, 0.5) is 0 Å². The van der Waals surface area contributed by atoms with E-state index in [2.05, 4.69) is 27.4 Å². The molecule has 8 nitrogen and oxygen atoms in total. The molecular formula is C19H28N6O2. The van der Waals surface area contributed by atoms with Gasteiger partial charge < -0.3 is 15.1 Å². The molecule has 1 unspecified atom stereocenters. The van der Waals surface area contributed by atoms with Crippen LogP contribution in [-0.4, -0.2) is 78.0 Å². The Balaban J connectivity index is 1.76. The first kappa shape index (κ1) is 19.3. The molecule has 2 fully saturated rings. The van der Waals surface area contributed by atoms with Crippen molar-refractivity contribution in [2.24, 2.45) is 10.4 Å². The van der Waals surface area contributed by atoms with Crippen LogP contribution in [0, 0.1) is 12.3 Å². The van der Waals surface area contributed by atoms with Crippen LogP contribution in [0.5, 0.6) is 0 Å². The quantitative estimate of drug-likeness (QED) is 0.369. The molecule has 8 heteroatoms. The molecule has 3 rings (SSSR count). The number of allylic oxidation sites excluding steroid dienone is 2. The summed E-state index contributed by atoms with van der Waals surface area (Å²) in [5.41, 5.74) is 2.23. The third-order valence-electron chi connectivity index (χ3n) is 5.63. The topological polar surface area (TPSA) is 82.8 Å². The summed E-state index contributed by atoms with van der Waals surface area (Å²) in [5.74, 6) is 0.498. The Bertz CT molecular complexity index is 796. The summed E-state index contributed by atoms with van der Waals surface area (Å²) in [7, 11) is 3.78. The molecule has 0 aromatic carbocycles. The van der Waals surface area contributed by atoms with Gasteiger partial charge in [0.15, 0.2) is 0 Å². The number of amides is 1. The minimum atomic E-state index is 0.0285. The number of likely N-dealkylation sites (tertiary alicyclic amines) is 2. The fourth-order valence-electron chi connectivity index (χ4n) is 4.13. The lowest BCUT2D eigenvalue weighted by Gasteiger charge is -2.23. The molecule has 1 amide bonds. The molecule has 1 aromatic rings. The lowest BCUT2D eigenvalue weighted by atomic mass is 9.86. The van der Waals surface area contributed by atoms with Gasteiger partial charge >= 0.3 is 0 Å². The number of aldehydes is 1. The number of rotatable bonds is 3. The highest BCUT2D eigenvalue weighted by atomic mass is 16.2. The summed E-state index contributed by atoms with van der Waals surface area (Å²) in [4.78, 5) is 32.2. The van der Waals surface area contributed by atoms with Crippen molar-refractivity contribution in [2.45, 2.75) is 26.7 Å². The van der Waals surface area contributed by atoms with Crippen LogP contribution < -0.4 is 5.32 Å². The van der Waals surface area contributed by atoms with E-state index >= 15 is 0 Å². The second kappa shape index (κ2) is 7.64. The molecule has 2 saturated heterocycles. The largest absolute Gasteiger partial charge is 0.338 e. The van der Waals surface area contributed by atoms with Crippen LogP contribution in [-0.2, 0) is 4.79 Å². The Morgan fingerprint density at radius 1 is 1.33 bits per heavy atom. The number of carbonyl (C=O) groups excluding carboxylic acids is 2. The summed E-state index contributed by atoms with van der Waals surface area (Å²) in [6.45, 7) is 7.41. The maximum absolute atomic E-state index is 13.1. The molecule has 1 aromatic heterocycles. The Hall–Kier alpha value is -2.48. The Kier molecular flexibility index (Phi) is 5.46. The minimum Gasteiger partial charge on any atom is -0.338 e. The van der Waals surface area contributed by atoms with Gasteiger partial charge in [-0.05, 0) is 46.4 Å². The molecule has 0 saturated carbocycles. The normalized spacial score (nSPS) is 24.1. The van der Waals surface area contributed by atoms with E-state index in [1.165, 1.54) is 6.08 Å². The van der Waals surface area contributed by atoms with E-state index < -0.39 is 0 Å². The maximum atomic E-state index is 13.1. The molecule has 1 atom stereocenters. The van der Waals surface area contributed by atoms with E-state index in [1.54, 1.807) is 24.9 Å². The van der Waals surface area contributed by atoms with Gasteiger partial charge in [0, 0.05) is 37.8 Å². The second-order valence-electron chi connectivity index (χ2n) is 7.68. The number of aliphatic imine (C=N–C) groups is 1. The molecule has 0 aliphatic carbocycles. The van der Waals surface area contributed by atoms with Crippen LogP contribution in [0.25, 0.3) is 0 Å². The predicted octanol–water partition coefficient (Wildman–Crippen LogP) is 0.886. The highest BCUT2D eigenvalue weighted by Gasteiger charge is 2.44. The van der Waals surface area contributed by atoms with E-state index in [-0.39, 0.29) is 11.3 Å². The van der Waals surface area contributed by atoms with E-state index in [1.807, 2.05) is 11.8 Å². The standard InChI is InChI=1S/C19H28N6O2/c1-14(5-10-26)22-18(20-3)25-15(2)16(11-21-25)17(27)24-9-7-19(13-24)6-8-23(4)12-19/h5,10-11H,6-9,12-13H2,1-4H3,(H,20,22)/b14-5-. The lowest BCUT2D eigenvalue weighted by molar-refractivity contribution is -0.104. The van der Waals surface area contributed by atoms with E-state index in [0.717, 1.165) is 44.7 Å². The molecule has 0 radical (unpaired) electrons. The zero-order valence-corrected chi connectivity index (χ0v) is 16.5. The van der Waals surface area contributed by atoms with Gasteiger partial charge in [0.1, 0.15) is 6.29 Å². The van der Waals surface area contributed by atoms with Crippen LogP contribution in [0.1, 0.15) is 35.8 Å². The smallest absolute Gasteiger partial charge is 0.257 e. The van der Waals surface area contributed by atoms with E-state index in [4.69, 9.17) is 0 Å². The first-order valence-electron chi connectivity index (χ1n) is 9.28. The molecule has 0 bridgehead atoms. The van der Waals surface area contributed by atoms with Crippen molar-refractivity contribution in [3.05, 3.63) is 29.2 Å². The lowest BCUT2D eigenvalue weighted by Crippen LogP contribution is -2.34. The van der Waals surface area contributed by atoms with Crippen molar-refractivity contribution in [1.82, 2.24) is 24.9 Å². The number of carbonyl (C=O) groups is 2. The van der Waals surface area contributed by atoms with Gasteiger partial charge in [-0.1, -0.05) is 0 Å². The maximum Gasteiger partial charge on any atom is 0.257 e. The molecular weight excluding hydrogens is 344 g/mol. The van der Waals surface area contributed by atoms with Crippen molar-refractivity contribution in [3.63, 3.8) is 0 Å². The van der Waals surface area contributed by atoms with Crippen molar-refractivity contribution < 1.29 is 9.59 Å². The number of nitrogens with one attached hydrogen (secondary N) is 1. The Morgan fingerprint density at radius 3 is 2.70 bits per heavy atom. The molecule has 146 valence electrons. The van der Waals surface area contributed by atoms with Crippen molar-refractivity contribution in [3.8, 4) is 0 Å². The Labute approximate surface area is 159 Å². The highest BCUT2D eigenvalue weighted by molar-refractivity contribution is 5.97. The van der Waals surface area contributed by atoms with Crippen LogP contribution in [0.2, 0.25) is 0 Å². The zero-order valence-electron chi connectivity index (χ0n) is 16.5. The van der Waals surface area contributed by atoms with Crippen LogP contribution >= 0.6 is 0 Å². The summed E-state index contributed by atoms with van der Waals surface area (Å²) >= 11 is 0. The van der Waals surface area contributed by atoms with Gasteiger partial charge in [-0.15, -0.1) is 0 Å². The summed E-state index contributed by atoms with van der Waals surface area (Å²) in [6.07, 6.45) is 5.96. The Morgan fingerprint density at radius 2 is 2.07 bits per heavy atom.